The molecule has 1 aliphatic rings. The zero-order valence-corrected chi connectivity index (χ0v) is 14.9. The Balaban J connectivity index is 1.50. The van der Waals surface area contributed by atoms with Crippen LogP contribution in [-0.4, -0.2) is 11.8 Å². The number of nitrogens with one attached hydrogen (secondary N) is 2. The van der Waals surface area contributed by atoms with Gasteiger partial charge in [-0.25, -0.2) is 4.39 Å². The van der Waals surface area contributed by atoms with Gasteiger partial charge in [0.15, 0.2) is 0 Å². The maximum atomic E-state index is 13.2. The number of benzene rings is 2. The highest BCUT2D eigenvalue weighted by Crippen LogP contribution is 2.31. The van der Waals surface area contributed by atoms with E-state index in [1.807, 2.05) is 0 Å². The first-order valence-electron chi connectivity index (χ1n) is 8.64. The molecule has 0 spiro atoms. The molecule has 0 heterocycles. The zero-order valence-electron chi connectivity index (χ0n) is 14.2. The van der Waals surface area contributed by atoms with Crippen LogP contribution in [0.4, 0.5) is 15.8 Å². The van der Waals surface area contributed by atoms with E-state index in [1.165, 1.54) is 12.1 Å². The first kappa shape index (κ1) is 18.4. The van der Waals surface area contributed by atoms with Gasteiger partial charge in [-0.2, -0.15) is 0 Å². The minimum absolute atomic E-state index is 0.0451. The van der Waals surface area contributed by atoms with Crippen LogP contribution in [0.2, 0.25) is 5.02 Å². The molecule has 2 amide bonds. The Morgan fingerprint density at radius 3 is 1.85 bits per heavy atom. The van der Waals surface area contributed by atoms with Crippen LogP contribution in [0.5, 0.6) is 0 Å². The van der Waals surface area contributed by atoms with E-state index in [2.05, 4.69) is 10.6 Å². The summed E-state index contributed by atoms with van der Waals surface area (Å²) >= 11 is 5.93. The molecular formula is C20H20ClFN2O2. The maximum absolute atomic E-state index is 13.2. The van der Waals surface area contributed by atoms with Gasteiger partial charge in [0.05, 0.1) is 0 Å². The molecule has 0 aliphatic heterocycles. The highest BCUT2D eigenvalue weighted by atomic mass is 35.5. The van der Waals surface area contributed by atoms with E-state index in [0.717, 1.165) is 0 Å². The minimum atomic E-state index is -0.385. The van der Waals surface area contributed by atoms with Crippen LogP contribution in [0.3, 0.4) is 0 Å². The van der Waals surface area contributed by atoms with Crippen LogP contribution < -0.4 is 10.6 Å². The fourth-order valence-corrected chi connectivity index (χ4v) is 3.43. The van der Waals surface area contributed by atoms with Crippen LogP contribution >= 0.6 is 11.6 Å². The SMILES string of the molecule is O=C(Nc1cccc(F)c1)C1CCC(C(=O)Nc2cccc(Cl)c2)CC1. The van der Waals surface area contributed by atoms with E-state index < -0.39 is 0 Å². The number of carbonyl (C=O) groups is 2. The van der Waals surface area contributed by atoms with Crippen molar-refractivity contribution in [3.05, 3.63) is 59.4 Å². The van der Waals surface area contributed by atoms with Crippen molar-refractivity contribution in [2.75, 3.05) is 10.6 Å². The summed E-state index contributed by atoms with van der Waals surface area (Å²) in [6.07, 6.45) is 2.56. The van der Waals surface area contributed by atoms with Crippen molar-refractivity contribution in [2.24, 2.45) is 11.8 Å². The minimum Gasteiger partial charge on any atom is -0.326 e. The van der Waals surface area contributed by atoms with E-state index in [0.29, 0.717) is 42.1 Å². The lowest BCUT2D eigenvalue weighted by Crippen LogP contribution is -2.32. The summed E-state index contributed by atoms with van der Waals surface area (Å²) in [6, 6.07) is 12.9. The lowest BCUT2D eigenvalue weighted by atomic mass is 9.81. The first-order valence-corrected chi connectivity index (χ1v) is 9.02. The van der Waals surface area contributed by atoms with Crippen molar-refractivity contribution in [2.45, 2.75) is 25.7 Å². The van der Waals surface area contributed by atoms with Crippen LogP contribution in [0, 0.1) is 17.7 Å². The molecule has 136 valence electrons. The maximum Gasteiger partial charge on any atom is 0.227 e. The Labute approximate surface area is 156 Å². The van der Waals surface area contributed by atoms with Crippen LogP contribution in [0.15, 0.2) is 48.5 Å². The van der Waals surface area contributed by atoms with Crippen LogP contribution in [-0.2, 0) is 9.59 Å². The number of anilines is 2. The largest absolute Gasteiger partial charge is 0.326 e. The summed E-state index contributed by atoms with van der Waals surface area (Å²) < 4.78 is 13.2. The molecule has 26 heavy (non-hydrogen) atoms. The summed E-state index contributed by atoms with van der Waals surface area (Å²) in [5.41, 5.74) is 1.13. The fourth-order valence-electron chi connectivity index (χ4n) is 3.24. The summed E-state index contributed by atoms with van der Waals surface area (Å²) in [5.74, 6) is -0.828. The Hall–Kier alpha value is -2.40. The number of hydrogen-bond donors (Lipinski definition) is 2. The Kier molecular flexibility index (Phi) is 5.89. The van der Waals surface area contributed by atoms with Crippen molar-refractivity contribution < 1.29 is 14.0 Å². The second kappa shape index (κ2) is 8.32. The number of hydrogen-bond acceptors (Lipinski definition) is 2. The van der Waals surface area contributed by atoms with Gasteiger partial charge in [0, 0.05) is 28.2 Å². The number of carbonyl (C=O) groups excluding carboxylic acids is 2. The van der Waals surface area contributed by atoms with E-state index in [-0.39, 0.29) is 29.5 Å². The van der Waals surface area contributed by atoms with Gasteiger partial charge in [-0.3, -0.25) is 9.59 Å². The summed E-state index contributed by atoms with van der Waals surface area (Å²) in [5, 5.41) is 6.20. The van der Waals surface area contributed by atoms with E-state index in [4.69, 9.17) is 11.6 Å². The normalized spacial score (nSPS) is 19.6. The second-order valence-electron chi connectivity index (χ2n) is 6.55. The predicted octanol–water partition coefficient (Wildman–Crippen LogP) is 4.86. The molecule has 0 radical (unpaired) electrons. The van der Waals surface area contributed by atoms with Crippen molar-refractivity contribution >= 4 is 34.8 Å². The standard InChI is InChI=1S/C20H20ClFN2O2/c21-15-3-1-5-17(11-15)23-19(25)13-7-9-14(10-8-13)20(26)24-18-6-2-4-16(22)12-18/h1-6,11-14H,7-10H2,(H,23,25)(H,24,26). The van der Waals surface area contributed by atoms with Gasteiger partial charge in [0.25, 0.3) is 0 Å². The van der Waals surface area contributed by atoms with Crippen LogP contribution in [0.25, 0.3) is 0 Å². The predicted molar refractivity (Wildman–Crippen MR) is 101 cm³/mol. The van der Waals surface area contributed by atoms with Crippen molar-refractivity contribution in [3.63, 3.8) is 0 Å². The molecule has 4 nitrogen and oxygen atoms in total. The van der Waals surface area contributed by atoms with Gasteiger partial charge in [-0.15, -0.1) is 0 Å². The third-order valence-electron chi connectivity index (χ3n) is 4.65. The summed E-state index contributed by atoms with van der Waals surface area (Å²) in [4.78, 5) is 24.7. The third-order valence-corrected chi connectivity index (χ3v) is 4.89. The molecule has 2 aromatic carbocycles. The third kappa shape index (κ3) is 4.82. The molecule has 1 saturated carbocycles. The number of rotatable bonds is 4. The van der Waals surface area contributed by atoms with E-state index >= 15 is 0 Å². The molecule has 6 heteroatoms. The topological polar surface area (TPSA) is 58.2 Å². The molecule has 2 aromatic rings. The van der Waals surface area contributed by atoms with Gasteiger partial charge in [0.2, 0.25) is 11.8 Å². The van der Waals surface area contributed by atoms with Crippen molar-refractivity contribution in [1.82, 2.24) is 0 Å². The molecule has 0 saturated heterocycles. The molecule has 2 N–H and O–H groups in total. The summed E-state index contributed by atoms with van der Waals surface area (Å²) in [6.45, 7) is 0. The van der Waals surface area contributed by atoms with E-state index in [9.17, 15) is 14.0 Å². The average Bonchev–Trinajstić information content (AvgIpc) is 2.62. The molecule has 0 aromatic heterocycles. The molecule has 3 rings (SSSR count). The quantitative estimate of drug-likeness (QED) is 0.802. The molecular weight excluding hydrogens is 355 g/mol. The molecule has 0 bridgehead atoms. The average molecular weight is 375 g/mol. The van der Waals surface area contributed by atoms with Gasteiger partial charge in [-0.1, -0.05) is 23.7 Å². The fraction of sp³-hybridized carbons (Fsp3) is 0.300. The monoisotopic (exact) mass is 374 g/mol. The van der Waals surface area contributed by atoms with Gasteiger partial charge < -0.3 is 10.6 Å². The Bertz CT molecular complexity index is 736. The van der Waals surface area contributed by atoms with Gasteiger partial charge in [0.1, 0.15) is 5.82 Å². The van der Waals surface area contributed by atoms with Crippen LogP contribution in [0.1, 0.15) is 25.7 Å². The van der Waals surface area contributed by atoms with Gasteiger partial charge >= 0.3 is 0 Å². The highest BCUT2D eigenvalue weighted by molar-refractivity contribution is 6.30. The Morgan fingerprint density at radius 2 is 1.35 bits per heavy atom. The van der Waals surface area contributed by atoms with Crippen molar-refractivity contribution in [3.8, 4) is 0 Å². The smallest absolute Gasteiger partial charge is 0.227 e. The lowest BCUT2D eigenvalue weighted by Gasteiger charge is -2.27. The number of amides is 2. The zero-order chi connectivity index (χ0) is 18.5. The van der Waals surface area contributed by atoms with Crippen molar-refractivity contribution in [1.29, 1.82) is 0 Å². The summed E-state index contributed by atoms with van der Waals surface area (Å²) in [7, 11) is 0. The molecule has 1 fully saturated rings. The molecule has 0 atom stereocenters. The number of halogens is 2. The second-order valence-corrected chi connectivity index (χ2v) is 6.98. The first-order chi connectivity index (χ1) is 12.5. The molecule has 1 aliphatic carbocycles. The highest BCUT2D eigenvalue weighted by Gasteiger charge is 2.30. The lowest BCUT2D eigenvalue weighted by molar-refractivity contribution is -0.125. The van der Waals surface area contributed by atoms with E-state index in [1.54, 1.807) is 36.4 Å². The van der Waals surface area contributed by atoms with Gasteiger partial charge in [-0.05, 0) is 62.1 Å². The Morgan fingerprint density at radius 1 is 0.846 bits per heavy atom. The molecule has 0 unspecified atom stereocenters.